The molecule has 1 aromatic heterocycles. The lowest BCUT2D eigenvalue weighted by atomic mass is 10.2. The number of nitrogens with zero attached hydrogens (tertiary/aromatic N) is 4. The van der Waals surface area contributed by atoms with E-state index in [0.717, 1.165) is 38.3 Å². The van der Waals surface area contributed by atoms with Crippen molar-refractivity contribution in [1.29, 1.82) is 5.41 Å². The fourth-order valence-corrected chi connectivity index (χ4v) is 2.96. The Morgan fingerprint density at radius 2 is 2.27 bits per heavy atom. The molecule has 2 rings (SSSR count). The molecule has 0 radical (unpaired) electrons. The summed E-state index contributed by atoms with van der Waals surface area (Å²) in [4.78, 5) is 8.82. The number of nitrogens with two attached hydrogens (primary N) is 1. The van der Waals surface area contributed by atoms with Crippen LogP contribution in [-0.4, -0.2) is 63.9 Å². The van der Waals surface area contributed by atoms with Crippen LogP contribution in [0.5, 0.6) is 0 Å². The van der Waals surface area contributed by atoms with Gasteiger partial charge in [-0.2, -0.15) is 5.10 Å². The van der Waals surface area contributed by atoms with Crippen molar-refractivity contribution in [1.82, 2.24) is 20.0 Å². The third kappa shape index (κ3) is 4.07. The number of aryl methyl sites for hydroxylation is 1. The molecule has 122 valence electrons. The molecular weight excluding hydrogens is 278 g/mol. The summed E-state index contributed by atoms with van der Waals surface area (Å²) in [6.45, 7) is 10.3. The van der Waals surface area contributed by atoms with Crippen LogP contribution in [0.4, 0.5) is 5.82 Å². The quantitative estimate of drug-likeness (QED) is 0.548. The highest BCUT2D eigenvalue weighted by atomic mass is 15.3. The summed E-state index contributed by atoms with van der Waals surface area (Å²) in [6, 6.07) is 2.38. The van der Waals surface area contributed by atoms with Crippen LogP contribution in [0.1, 0.15) is 32.4 Å². The zero-order valence-corrected chi connectivity index (χ0v) is 13.8. The summed E-state index contributed by atoms with van der Waals surface area (Å²) in [5.41, 5.74) is 6.90. The number of aliphatic imine (C=N–C) groups is 1. The Morgan fingerprint density at radius 3 is 2.86 bits per heavy atom. The average Bonchev–Trinajstić information content (AvgIpc) is 3.10. The standard InChI is InChI=1S/C15H27N7/c1-4-21(5-2)12-6-7-22(10-12)14(17)9-13(16)18-15-8-11(3)19-20-15/h8,12,17H,4-7,9-10H2,1-3H3,(H3,16,18,19,20). The highest BCUT2D eigenvalue weighted by molar-refractivity contribution is 6.01. The van der Waals surface area contributed by atoms with E-state index < -0.39 is 0 Å². The maximum atomic E-state index is 8.25. The van der Waals surface area contributed by atoms with Crippen molar-refractivity contribution >= 4 is 17.5 Å². The third-order valence-electron chi connectivity index (χ3n) is 4.17. The number of aromatic amines is 1. The number of likely N-dealkylation sites (N-methyl/N-ethyl adjacent to an activating group) is 1. The summed E-state index contributed by atoms with van der Waals surface area (Å²) in [5, 5.41) is 15.1. The summed E-state index contributed by atoms with van der Waals surface area (Å²) >= 11 is 0. The lowest BCUT2D eigenvalue weighted by Gasteiger charge is -2.26. The molecule has 0 saturated carbocycles. The van der Waals surface area contributed by atoms with Gasteiger partial charge >= 0.3 is 0 Å². The van der Waals surface area contributed by atoms with Gasteiger partial charge in [0.1, 0.15) is 11.7 Å². The maximum Gasteiger partial charge on any atom is 0.175 e. The van der Waals surface area contributed by atoms with E-state index in [0.29, 0.717) is 30.0 Å². The molecule has 1 atom stereocenters. The van der Waals surface area contributed by atoms with Crippen LogP contribution in [0.15, 0.2) is 11.1 Å². The number of rotatable bonds is 6. The van der Waals surface area contributed by atoms with Crippen molar-refractivity contribution in [2.75, 3.05) is 26.2 Å². The summed E-state index contributed by atoms with van der Waals surface area (Å²) in [7, 11) is 0. The average molecular weight is 305 g/mol. The summed E-state index contributed by atoms with van der Waals surface area (Å²) in [6.07, 6.45) is 1.48. The maximum absolute atomic E-state index is 8.25. The molecule has 0 aromatic carbocycles. The van der Waals surface area contributed by atoms with Crippen LogP contribution in [0.25, 0.3) is 0 Å². The Morgan fingerprint density at radius 1 is 1.55 bits per heavy atom. The molecule has 1 fully saturated rings. The first-order valence-corrected chi connectivity index (χ1v) is 7.94. The Bertz CT molecular complexity index is 530. The number of hydrogen-bond donors (Lipinski definition) is 3. The van der Waals surface area contributed by atoms with E-state index in [9.17, 15) is 0 Å². The van der Waals surface area contributed by atoms with Crippen molar-refractivity contribution in [3.63, 3.8) is 0 Å². The van der Waals surface area contributed by atoms with Crippen molar-refractivity contribution in [2.45, 2.75) is 39.7 Å². The molecule has 1 unspecified atom stereocenters. The van der Waals surface area contributed by atoms with E-state index in [1.807, 2.05) is 13.0 Å². The van der Waals surface area contributed by atoms with Gasteiger partial charge in [-0.15, -0.1) is 0 Å². The number of likely N-dealkylation sites (tertiary alicyclic amines) is 1. The van der Waals surface area contributed by atoms with E-state index >= 15 is 0 Å². The molecular formula is C15H27N7. The first kappa shape index (κ1) is 16.5. The molecule has 0 amide bonds. The van der Waals surface area contributed by atoms with Gasteiger partial charge in [-0.1, -0.05) is 13.8 Å². The normalized spacial score (nSPS) is 19.2. The van der Waals surface area contributed by atoms with Crippen LogP contribution >= 0.6 is 0 Å². The molecule has 1 aliphatic heterocycles. The van der Waals surface area contributed by atoms with Gasteiger partial charge in [-0.05, 0) is 26.4 Å². The molecule has 2 heterocycles. The second-order valence-electron chi connectivity index (χ2n) is 5.75. The lowest BCUT2D eigenvalue weighted by molar-refractivity contribution is 0.223. The largest absolute Gasteiger partial charge is 0.387 e. The van der Waals surface area contributed by atoms with Gasteiger partial charge in [0.2, 0.25) is 0 Å². The number of hydrogen-bond acceptors (Lipinski definition) is 4. The monoisotopic (exact) mass is 305 g/mol. The van der Waals surface area contributed by atoms with Crippen LogP contribution in [0.3, 0.4) is 0 Å². The topological polar surface area (TPSA) is 97.4 Å². The van der Waals surface area contributed by atoms with Gasteiger partial charge in [0.15, 0.2) is 5.82 Å². The number of amidine groups is 2. The lowest BCUT2D eigenvalue weighted by Crippen LogP contribution is -2.39. The third-order valence-corrected chi connectivity index (χ3v) is 4.17. The second kappa shape index (κ2) is 7.40. The van der Waals surface area contributed by atoms with Gasteiger partial charge in [0.25, 0.3) is 0 Å². The fourth-order valence-electron chi connectivity index (χ4n) is 2.96. The van der Waals surface area contributed by atoms with Gasteiger partial charge in [-0.3, -0.25) is 15.4 Å². The smallest absolute Gasteiger partial charge is 0.175 e. The molecule has 0 bridgehead atoms. The van der Waals surface area contributed by atoms with E-state index in [1.165, 1.54) is 0 Å². The van der Waals surface area contributed by atoms with Gasteiger partial charge in [0, 0.05) is 30.9 Å². The van der Waals surface area contributed by atoms with E-state index in [-0.39, 0.29) is 0 Å². The van der Waals surface area contributed by atoms with Crippen molar-refractivity contribution in [2.24, 2.45) is 10.7 Å². The number of aromatic nitrogens is 2. The zero-order chi connectivity index (χ0) is 16.1. The van der Waals surface area contributed by atoms with Gasteiger partial charge < -0.3 is 10.6 Å². The zero-order valence-electron chi connectivity index (χ0n) is 13.8. The van der Waals surface area contributed by atoms with E-state index in [2.05, 4.69) is 38.8 Å². The molecule has 1 saturated heterocycles. The Kier molecular flexibility index (Phi) is 5.54. The predicted molar refractivity (Wildman–Crippen MR) is 89.8 cm³/mol. The number of H-pyrrole nitrogens is 1. The Labute approximate surface area is 132 Å². The highest BCUT2D eigenvalue weighted by Gasteiger charge is 2.27. The highest BCUT2D eigenvalue weighted by Crippen LogP contribution is 2.17. The van der Waals surface area contributed by atoms with Crippen molar-refractivity contribution in [3.8, 4) is 0 Å². The SMILES string of the molecule is CCN(CC)C1CCN(C(=N)CC(N)=Nc2cc(C)[nH]n2)C1. The van der Waals surface area contributed by atoms with Gasteiger partial charge in [0.05, 0.1) is 6.42 Å². The second-order valence-corrected chi connectivity index (χ2v) is 5.75. The molecule has 0 spiro atoms. The fraction of sp³-hybridized carbons (Fsp3) is 0.667. The minimum Gasteiger partial charge on any atom is -0.387 e. The molecule has 1 aromatic rings. The van der Waals surface area contributed by atoms with Crippen LogP contribution < -0.4 is 5.73 Å². The van der Waals surface area contributed by atoms with Gasteiger partial charge in [-0.25, -0.2) is 4.99 Å². The van der Waals surface area contributed by atoms with Crippen molar-refractivity contribution in [3.05, 3.63) is 11.8 Å². The Balaban J connectivity index is 1.89. The molecule has 1 aliphatic rings. The van der Waals surface area contributed by atoms with Crippen LogP contribution in [-0.2, 0) is 0 Å². The molecule has 7 heteroatoms. The Hall–Kier alpha value is -1.89. The van der Waals surface area contributed by atoms with Crippen molar-refractivity contribution < 1.29 is 0 Å². The first-order valence-electron chi connectivity index (χ1n) is 7.94. The van der Waals surface area contributed by atoms with E-state index in [1.54, 1.807) is 0 Å². The van der Waals surface area contributed by atoms with E-state index in [4.69, 9.17) is 11.1 Å². The minimum atomic E-state index is 0.372. The molecule has 4 N–H and O–H groups in total. The van der Waals surface area contributed by atoms with Crippen LogP contribution in [0.2, 0.25) is 0 Å². The summed E-state index contributed by atoms with van der Waals surface area (Å²) in [5.74, 6) is 1.55. The molecule has 22 heavy (non-hydrogen) atoms. The summed E-state index contributed by atoms with van der Waals surface area (Å²) < 4.78 is 0. The minimum absolute atomic E-state index is 0.372. The first-order chi connectivity index (χ1) is 10.5. The predicted octanol–water partition coefficient (Wildman–Crippen LogP) is 1.49. The molecule has 0 aliphatic carbocycles. The molecule has 7 nitrogen and oxygen atoms in total. The van der Waals surface area contributed by atoms with Crippen LogP contribution in [0, 0.1) is 12.3 Å². The number of nitrogens with one attached hydrogen (secondary N) is 2.